The van der Waals surface area contributed by atoms with Crippen LogP contribution in [0.25, 0.3) is 0 Å². The molecule has 1 aliphatic rings. The van der Waals surface area contributed by atoms with Crippen LogP contribution in [0, 0.1) is 5.41 Å². The first-order chi connectivity index (χ1) is 9.35. The molecule has 0 bridgehead atoms. The summed E-state index contributed by atoms with van der Waals surface area (Å²) in [5.41, 5.74) is -0.172. The molecule has 5 heteroatoms. The van der Waals surface area contributed by atoms with E-state index in [9.17, 15) is 9.59 Å². The van der Waals surface area contributed by atoms with Gasteiger partial charge in [0.05, 0.1) is 12.6 Å². The van der Waals surface area contributed by atoms with Gasteiger partial charge in [0.15, 0.2) is 0 Å². The molecule has 0 aromatic carbocycles. The molecular weight excluding hydrogens is 258 g/mol. The molecule has 0 N–H and O–H groups in total. The lowest BCUT2D eigenvalue weighted by molar-refractivity contribution is -0.188. The van der Waals surface area contributed by atoms with Crippen molar-refractivity contribution in [2.75, 3.05) is 6.61 Å². The topological polar surface area (TPSA) is 55.8 Å². The number of carbonyl (C=O) groups is 2. The van der Waals surface area contributed by atoms with Crippen LogP contribution in [0.1, 0.15) is 52.9 Å². The molecule has 20 heavy (non-hydrogen) atoms. The molecule has 0 radical (unpaired) electrons. The first-order valence-corrected chi connectivity index (χ1v) is 7.11. The van der Waals surface area contributed by atoms with Crippen LogP contribution in [0.3, 0.4) is 0 Å². The monoisotopic (exact) mass is 283 g/mol. The summed E-state index contributed by atoms with van der Waals surface area (Å²) in [6, 6.07) is -0.0612. The molecule has 0 heterocycles. The lowest BCUT2D eigenvalue weighted by atomic mass is 9.91. The summed E-state index contributed by atoms with van der Waals surface area (Å²) in [6.07, 6.45) is 5.74. The maximum atomic E-state index is 12.1. The molecule has 1 aliphatic carbocycles. The van der Waals surface area contributed by atoms with Crippen molar-refractivity contribution >= 4 is 12.1 Å². The highest BCUT2D eigenvalue weighted by molar-refractivity contribution is 5.71. The van der Waals surface area contributed by atoms with Crippen LogP contribution in [0.2, 0.25) is 0 Å². The molecule has 0 atom stereocenters. The highest BCUT2D eigenvalue weighted by atomic mass is 16.8. The third-order valence-corrected chi connectivity index (χ3v) is 3.35. The predicted octanol–water partition coefficient (Wildman–Crippen LogP) is 3.45. The van der Waals surface area contributed by atoms with Gasteiger partial charge in [0.1, 0.15) is 0 Å². The molecule has 1 amide bonds. The molecule has 0 aromatic rings. The van der Waals surface area contributed by atoms with Crippen molar-refractivity contribution in [1.82, 2.24) is 5.06 Å². The lowest BCUT2D eigenvalue weighted by Gasteiger charge is -2.28. The van der Waals surface area contributed by atoms with Crippen molar-refractivity contribution < 1.29 is 19.2 Å². The highest BCUT2D eigenvalue weighted by Gasteiger charge is 2.32. The van der Waals surface area contributed by atoms with Gasteiger partial charge in [-0.15, -0.1) is 11.6 Å². The van der Waals surface area contributed by atoms with Gasteiger partial charge in [-0.25, -0.2) is 4.79 Å². The van der Waals surface area contributed by atoms with Gasteiger partial charge in [-0.3, -0.25) is 4.79 Å². The SMILES string of the molecule is C=CCC(C)(C)COC(=O)N(OC(C)=O)C1CCCC1. The van der Waals surface area contributed by atoms with E-state index >= 15 is 0 Å². The Balaban J connectivity index is 2.58. The standard InChI is InChI=1S/C15H25NO4/c1-5-10-15(3,4)11-19-14(18)16(20-12(2)17)13-8-6-7-9-13/h5,13H,1,6-11H2,2-4H3. The van der Waals surface area contributed by atoms with Crippen molar-refractivity contribution in [3.05, 3.63) is 12.7 Å². The molecule has 1 fully saturated rings. The van der Waals surface area contributed by atoms with Crippen molar-refractivity contribution in [2.24, 2.45) is 5.41 Å². The number of ether oxygens (including phenoxy) is 1. The van der Waals surface area contributed by atoms with E-state index in [4.69, 9.17) is 9.57 Å². The van der Waals surface area contributed by atoms with Crippen LogP contribution in [0.5, 0.6) is 0 Å². The summed E-state index contributed by atoms with van der Waals surface area (Å²) in [4.78, 5) is 28.3. The van der Waals surface area contributed by atoms with Crippen LogP contribution in [-0.2, 0) is 14.4 Å². The molecular formula is C15H25NO4. The molecule has 0 spiro atoms. The largest absolute Gasteiger partial charge is 0.447 e. The normalized spacial score (nSPS) is 15.8. The van der Waals surface area contributed by atoms with Gasteiger partial charge in [-0.2, -0.15) is 0 Å². The minimum absolute atomic E-state index is 0.0612. The zero-order valence-electron chi connectivity index (χ0n) is 12.7. The van der Waals surface area contributed by atoms with Crippen molar-refractivity contribution in [2.45, 2.75) is 58.9 Å². The molecule has 5 nitrogen and oxygen atoms in total. The Hall–Kier alpha value is -1.52. The third-order valence-electron chi connectivity index (χ3n) is 3.35. The Kier molecular flexibility index (Phi) is 6.05. The van der Waals surface area contributed by atoms with E-state index in [2.05, 4.69) is 6.58 Å². The highest BCUT2D eigenvalue weighted by Crippen LogP contribution is 2.26. The maximum absolute atomic E-state index is 12.1. The quantitative estimate of drug-likeness (QED) is 0.573. The molecule has 0 saturated heterocycles. The average Bonchev–Trinajstić information content (AvgIpc) is 2.86. The predicted molar refractivity (Wildman–Crippen MR) is 75.8 cm³/mol. The third kappa shape index (κ3) is 5.23. The summed E-state index contributed by atoms with van der Waals surface area (Å²) >= 11 is 0. The average molecular weight is 283 g/mol. The molecule has 0 unspecified atom stereocenters. The number of carbonyl (C=O) groups excluding carboxylic acids is 2. The van der Waals surface area contributed by atoms with Gasteiger partial charge >= 0.3 is 12.1 Å². The maximum Gasteiger partial charge on any atom is 0.443 e. The van der Waals surface area contributed by atoms with Crippen molar-refractivity contribution in [3.63, 3.8) is 0 Å². The van der Waals surface area contributed by atoms with E-state index in [-0.39, 0.29) is 18.1 Å². The molecule has 0 aromatic heterocycles. The second-order valence-electron chi connectivity index (χ2n) is 6.06. The summed E-state index contributed by atoms with van der Waals surface area (Å²) < 4.78 is 5.30. The molecule has 1 rings (SSSR count). The summed E-state index contributed by atoms with van der Waals surface area (Å²) in [5, 5.41) is 1.11. The van der Waals surface area contributed by atoms with Crippen molar-refractivity contribution in [1.29, 1.82) is 0 Å². The minimum atomic E-state index is -0.579. The number of hydrogen-bond donors (Lipinski definition) is 0. The zero-order valence-corrected chi connectivity index (χ0v) is 12.7. The van der Waals surface area contributed by atoms with Gasteiger partial charge in [-0.1, -0.05) is 32.8 Å². The van der Waals surface area contributed by atoms with Gasteiger partial charge in [0.25, 0.3) is 0 Å². The van der Waals surface area contributed by atoms with E-state index in [0.717, 1.165) is 37.2 Å². The number of nitrogens with zero attached hydrogens (tertiary/aromatic N) is 1. The van der Waals surface area contributed by atoms with E-state index in [1.165, 1.54) is 6.92 Å². The first-order valence-electron chi connectivity index (χ1n) is 7.11. The van der Waals surface area contributed by atoms with Gasteiger partial charge in [0.2, 0.25) is 0 Å². The number of hydroxylamine groups is 2. The van der Waals surface area contributed by atoms with Crippen LogP contribution in [0.15, 0.2) is 12.7 Å². The Bertz CT molecular complexity index is 359. The van der Waals surface area contributed by atoms with Crippen LogP contribution in [-0.4, -0.2) is 29.8 Å². The van der Waals surface area contributed by atoms with E-state index in [1.54, 1.807) is 6.08 Å². The van der Waals surface area contributed by atoms with Gasteiger partial charge < -0.3 is 9.57 Å². The first kappa shape index (κ1) is 16.5. The number of hydrogen-bond acceptors (Lipinski definition) is 4. The second kappa shape index (κ2) is 7.31. The van der Waals surface area contributed by atoms with Crippen molar-refractivity contribution in [3.8, 4) is 0 Å². The number of allylic oxidation sites excluding steroid dienone is 1. The molecule has 1 saturated carbocycles. The van der Waals surface area contributed by atoms with Crippen LogP contribution < -0.4 is 0 Å². The number of rotatable bonds is 5. The van der Waals surface area contributed by atoms with Crippen LogP contribution >= 0.6 is 0 Å². The second-order valence-corrected chi connectivity index (χ2v) is 6.06. The smallest absolute Gasteiger partial charge is 0.443 e. The van der Waals surface area contributed by atoms with E-state index < -0.39 is 12.1 Å². The van der Waals surface area contributed by atoms with Gasteiger partial charge in [-0.05, 0) is 19.3 Å². The fourth-order valence-electron chi connectivity index (χ4n) is 2.31. The number of amides is 1. The van der Waals surface area contributed by atoms with Gasteiger partial charge in [0, 0.05) is 12.3 Å². The molecule has 114 valence electrons. The fourth-order valence-corrected chi connectivity index (χ4v) is 2.31. The minimum Gasteiger partial charge on any atom is -0.447 e. The van der Waals surface area contributed by atoms with E-state index in [1.807, 2.05) is 13.8 Å². The summed E-state index contributed by atoms with van der Waals surface area (Å²) in [7, 11) is 0. The Morgan fingerprint density at radius 2 is 1.95 bits per heavy atom. The molecule has 0 aliphatic heterocycles. The Morgan fingerprint density at radius 3 is 2.45 bits per heavy atom. The Morgan fingerprint density at radius 1 is 1.35 bits per heavy atom. The zero-order chi connectivity index (χ0) is 15.2. The summed E-state index contributed by atoms with van der Waals surface area (Å²) in [6.45, 7) is 9.23. The van der Waals surface area contributed by atoms with Crippen LogP contribution in [0.4, 0.5) is 4.79 Å². The summed E-state index contributed by atoms with van der Waals surface area (Å²) in [5.74, 6) is -0.501. The van der Waals surface area contributed by atoms with E-state index in [0.29, 0.717) is 0 Å². The lowest BCUT2D eigenvalue weighted by Crippen LogP contribution is -2.41. The fraction of sp³-hybridized carbons (Fsp3) is 0.733. The Labute approximate surface area is 120 Å².